The van der Waals surface area contributed by atoms with E-state index < -0.39 is 5.60 Å². The number of ether oxygens (including phenoxy) is 2. The van der Waals surface area contributed by atoms with E-state index in [0.717, 1.165) is 31.4 Å². The second kappa shape index (κ2) is 8.56. The molecular weight excluding hydrogens is 316 g/mol. The molecule has 0 bridgehead atoms. The molecule has 2 atom stereocenters. The number of benzene rings is 1. The SMILES string of the molecule is CCC(CNC(=O)OC(C)(C)C)NC1CCCc2cc(OC)ccc21. The molecule has 25 heavy (non-hydrogen) atoms. The Kier molecular flexibility index (Phi) is 6.71. The largest absolute Gasteiger partial charge is 0.497 e. The van der Waals surface area contributed by atoms with Gasteiger partial charge in [0.15, 0.2) is 0 Å². The summed E-state index contributed by atoms with van der Waals surface area (Å²) in [6.45, 7) is 8.31. The third-order valence-electron chi connectivity index (χ3n) is 4.49. The fourth-order valence-electron chi connectivity index (χ4n) is 3.22. The number of hydrogen-bond donors (Lipinski definition) is 2. The summed E-state index contributed by atoms with van der Waals surface area (Å²) in [5.74, 6) is 0.915. The lowest BCUT2D eigenvalue weighted by atomic mass is 9.87. The summed E-state index contributed by atoms with van der Waals surface area (Å²) in [6.07, 6.45) is 3.95. The Morgan fingerprint density at radius 2 is 2.12 bits per heavy atom. The number of amides is 1. The van der Waals surface area contributed by atoms with Crippen molar-refractivity contribution in [3.05, 3.63) is 29.3 Å². The molecule has 0 aliphatic heterocycles. The first-order chi connectivity index (χ1) is 11.8. The topological polar surface area (TPSA) is 59.6 Å². The molecule has 2 unspecified atom stereocenters. The Balaban J connectivity index is 1.95. The van der Waals surface area contributed by atoms with Crippen LogP contribution in [0, 0.1) is 0 Å². The van der Waals surface area contributed by atoms with Crippen molar-refractivity contribution in [2.75, 3.05) is 13.7 Å². The first kappa shape index (κ1) is 19.6. The van der Waals surface area contributed by atoms with Crippen molar-refractivity contribution in [2.24, 2.45) is 0 Å². The van der Waals surface area contributed by atoms with E-state index in [-0.39, 0.29) is 12.1 Å². The van der Waals surface area contributed by atoms with E-state index in [2.05, 4.69) is 29.7 Å². The first-order valence-electron chi connectivity index (χ1n) is 9.22. The summed E-state index contributed by atoms with van der Waals surface area (Å²) in [6, 6.07) is 6.87. The van der Waals surface area contributed by atoms with Crippen LogP contribution in [0.2, 0.25) is 0 Å². The van der Waals surface area contributed by atoms with E-state index >= 15 is 0 Å². The quantitative estimate of drug-likeness (QED) is 0.817. The van der Waals surface area contributed by atoms with Gasteiger partial charge in [0.05, 0.1) is 7.11 Å². The van der Waals surface area contributed by atoms with Gasteiger partial charge in [0.25, 0.3) is 0 Å². The number of rotatable bonds is 6. The van der Waals surface area contributed by atoms with Crippen LogP contribution in [0.3, 0.4) is 0 Å². The standard InChI is InChI=1S/C20H32N2O3/c1-6-15(13-21-19(23)25-20(2,3)4)22-18-9-7-8-14-12-16(24-5)10-11-17(14)18/h10-12,15,18,22H,6-9,13H2,1-5H3,(H,21,23). The highest BCUT2D eigenvalue weighted by Gasteiger charge is 2.23. The maximum atomic E-state index is 11.9. The monoisotopic (exact) mass is 348 g/mol. The molecule has 2 N–H and O–H groups in total. The van der Waals surface area contributed by atoms with Crippen molar-refractivity contribution in [3.8, 4) is 5.75 Å². The summed E-state index contributed by atoms with van der Waals surface area (Å²) in [5.41, 5.74) is 2.24. The molecule has 1 amide bonds. The Morgan fingerprint density at radius 1 is 1.36 bits per heavy atom. The van der Waals surface area contributed by atoms with Gasteiger partial charge in [0.2, 0.25) is 0 Å². The van der Waals surface area contributed by atoms with Gasteiger partial charge in [-0.05, 0) is 69.7 Å². The van der Waals surface area contributed by atoms with E-state index in [1.54, 1.807) is 7.11 Å². The summed E-state index contributed by atoms with van der Waals surface area (Å²) >= 11 is 0. The molecule has 1 aromatic rings. The van der Waals surface area contributed by atoms with E-state index in [4.69, 9.17) is 9.47 Å². The Hall–Kier alpha value is -1.75. The van der Waals surface area contributed by atoms with Crippen LogP contribution in [0.25, 0.3) is 0 Å². The van der Waals surface area contributed by atoms with Gasteiger partial charge in [-0.1, -0.05) is 13.0 Å². The van der Waals surface area contributed by atoms with Crippen molar-refractivity contribution in [1.29, 1.82) is 0 Å². The summed E-state index contributed by atoms with van der Waals surface area (Å²) in [7, 11) is 1.70. The molecule has 0 fully saturated rings. The molecule has 5 heteroatoms. The number of aryl methyl sites for hydroxylation is 1. The molecule has 1 aromatic carbocycles. The van der Waals surface area contributed by atoms with Gasteiger partial charge in [-0.15, -0.1) is 0 Å². The molecule has 140 valence electrons. The molecule has 0 radical (unpaired) electrons. The third kappa shape index (κ3) is 5.92. The maximum Gasteiger partial charge on any atom is 0.407 e. The van der Waals surface area contributed by atoms with E-state index in [1.807, 2.05) is 26.8 Å². The second-order valence-electron chi connectivity index (χ2n) is 7.66. The van der Waals surface area contributed by atoms with Crippen LogP contribution < -0.4 is 15.4 Å². The number of hydrogen-bond acceptors (Lipinski definition) is 4. The predicted octanol–water partition coefficient (Wildman–Crippen LogP) is 3.97. The van der Waals surface area contributed by atoms with Gasteiger partial charge >= 0.3 is 6.09 Å². The zero-order valence-corrected chi connectivity index (χ0v) is 16.1. The van der Waals surface area contributed by atoms with Crippen LogP contribution in [0.4, 0.5) is 4.79 Å². The van der Waals surface area contributed by atoms with Crippen LogP contribution in [0.1, 0.15) is 64.1 Å². The van der Waals surface area contributed by atoms with E-state index in [0.29, 0.717) is 12.6 Å². The zero-order chi connectivity index (χ0) is 18.4. The number of carbonyl (C=O) groups is 1. The highest BCUT2D eigenvalue weighted by atomic mass is 16.6. The normalized spacial score (nSPS) is 18.2. The molecule has 5 nitrogen and oxygen atoms in total. The van der Waals surface area contributed by atoms with Crippen molar-refractivity contribution >= 4 is 6.09 Å². The predicted molar refractivity (Wildman–Crippen MR) is 100 cm³/mol. The highest BCUT2D eigenvalue weighted by Crippen LogP contribution is 2.32. The number of carbonyl (C=O) groups excluding carboxylic acids is 1. The molecule has 0 spiro atoms. The molecule has 1 aliphatic rings. The zero-order valence-electron chi connectivity index (χ0n) is 16.1. The summed E-state index contributed by atoms with van der Waals surface area (Å²) in [5, 5.41) is 6.58. The van der Waals surface area contributed by atoms with E-state index in [1.165, 1.54) is 11.1 Å². The van der Waals surface area contributed by atoms with Gasteiger partial charge < -0.3 is 20.1 Å². The second-order valence-corrected chi connectivity index (χ2v) is 7.66. The highest BCUT2D eigenvalue weighted by molar-refractivity contribution is 5.67. The van der Waals surface area contributed by atoms with Crippen molar-refractivity contribution in [2.45, 2.75) is 71.1 Å². The number of alkyl carbamates (subject to hydrolysis) is 1. The lowest BCUT2D eigenvalue weighted by Crippen LogP contribution is -2.44. The minimum atomic E-state index is -0.472. The van der Waals surface area contributed by atoms with Crippen molar-refractivity contribution in [3.63, 3.8) is 0 Å². The molecular formula is C20H32N2O3. The Bertz CT molecular complexity index is 581. The number of nitrogens with one attached hydrogen (secondary N) is 2. The van der Waals surface area contributed by atoms with Crippen LogP contribution in [0.15, 0.2) is 18.2 Å². The average Bonchev–Trinajstić information content (AvgIpc) is 2.56. The Morgan fingerprint density at radius 3 is 2.76 bits per heavy atom. The van der Waals surface area contributed by atoms with Crippen molar-refractivity contribution in [1.82, 2.24) is 10.6 Å². The molecule has 1 aliphatic carbocycles. The molecule has 0 heterocycles. The van der Waals surface area contributed by atoms with Crippen LogP contribution in [-0.4, -0.2) is 31.4 Å². The lowest BCUT2D eigenvalue weighted by Gasteiger charge is -2.31. The van der Waals surface area contributed by atoms with Gasteiger partial charge in [-0.2, -0.15) is 0 Å². The molecule has 0 saturated carbocycles. The summed E-state index contributed by atoms with van der Waals surface area (Å²) < 4.78 is 10.7. The number of fused-ring (bicyclic) bond motifs is 1. The van der Waals surface area contributed by atoms with Gasteiger partial charge in [-0.3, -0.25) is 0 Å². The Labute approximate surface area is 151 Å². The fraction of sp³-hybridized carbons (Fsp3) is 0.650. The molecule has 2 rings (SSSR count). The third-order valence-corrected chi connectivity index (χ3v) is 4.49. The van der Waals surface area contributed by atoms with Gasteiger partial charge in [-0.25, -0.2) is 4.79 Å². The van der Waals surface area contributed by atoms with Crippen LogP contribution in [-0.2, 0) is 11.2 Å². The van der Waals surface area contributed by atoms with Crippen LogP contribution >= 0.6 is 0 Å². The molecule has 0 aromatic heterocycles. The molecule has 0 saturated heterocycles. The maximum absolute atomic E-state index is 11.9. The smallest absolute Gasteiger partial charge is 0.407 e. The lowest BCUT2D eigenvalue weighted by molar-refractivity contribution is 0.0521. The first-order valence-corrected chi connectivity index (χ1v) is 9.22. The van der Waals surface area contributed by atoms with Gasteiger partial charge in [0, 0.05) is 18.6 Å². The fourth-order valence-corrected chi connectivity index (χ4v) is 3.22. The van der Waals surface area contributed by atoms with Crippen LogP contribution in [0.5, 0.6) is 5.75 Å². The van der Waals surface area contributed by atoms with E-state index in [9.17, 15) is 4.79 Å². The number of methoxy groups -OCH3 is 1. The average molecular weight is 348 g/mol. The van der Waals surface area contributed by atoms with Crippen molar-refractivity contribution < 1.29 is 14.3 Å². The van der Waals surface area contributed by atoms with Gasteiger partial charge in [0.1, 0.15) is 11.4 Å². The summed E-state index contributed by atoms with van der Waals surface area (Å²) in [4.78, 5) is 11.9. The minimum Gasteiger partial charge on any atom is -0.497 e. The minimum absolute atomic E-state index is 0.213.